The van der Waals surface area contributed by atoms with Gasteiger partial charge >= 0.3 is 5.97 Å². The van der Waals surface area contributed by atoms with Crippen molar-refractivity contribution in [3.8, 4) is 5.75 Å². The molecular formula is C17H15F2NO4. The lowest BCUT2D eigenvalue weighted by molar-refractivity contribution is -0.139. The molecule has 0 fully saturated rings. The fourth-order valence-electron chi connectivity index (χ4n) is 2.08. The van der Waals surface area contributed by atoms with E-state index in [-0.39, 0.29) is 12.0 Å². The van der Waals surface area contributed by atoms with Crippen molar-refractivity contribution < 1.29 is 28.2 Å². The fraction of sp³-hybridized carbons (Fsp3) is 0.176. The van der Waals surface area contributed by atoms with Crippen molar-refractivity contribution in [2.24, 2.45) is 0 Å². The lowest BCUT2D eigenvalue weighted by Crippen LogP contribution is -2.42. The van der Waals surface area contributed by atoms with Crippen LogP contribution in [0.15, 0.2) is 42.5 Å². The molecule has 0 radical (unpaired) electrons. The van der Waals surface area contributed by atoms with Gasteiger partial charge in [-0.3, -0.25) is 4.79 Å². The van der Waals surface area contributed by atoms with Gasteiger partial charge in [0.1, 0.15) is 11.8 Å². The number of rotatable bonds is 6. The number of benzene rings is 2. The first kappa shape index (κ1) is 17.4. The van der Waals surface area contributed by atoms with E-state index in [9.17, 15) is 23.5 Å². The molecule has 1 amide bonds. The SMILES string of the molecule is COc1ccc(C[C@@H](NC(=O)c2ccc(F)c(F)c2)C(=O)O)cc1. The average Bonchev–Trinajstić information content (AvgIpc) is 2.57. The molecule has 0 aliphatic heterocycles. The standard InChI is InChI=1S/C17H15F2NO4/c1-24-12-5-2-10(3-6-12)8-15(17(22)23)20-16(21)11-4-7-13(18)14(19)9-11/h2-7,9,15H,8H2,1H3,(H,20,21)(H,22,23)/t15-/m1/s1. The zero-order chi connectivity index (χ0) is 17.7. The van der Waals surface area contributed by atoms with E-state index in [1.54, 1.807) is 24.3 Å². The quantitative estimate of drug-likeness (QED) is 0.850. The normalized spacial score (nSPS) is 11.6. The number of hydrogen-bond acceptors (Lipinski definition) is 3. The number of carbonyl (C=O) groups excluding carboxylic acids is 1. The van der Waals surface area contributed by atoms with E-state index in [0.717, 1.165) is 18.2 Å². The summed E-state index contributed by atoms with van der Waals surface area (Å²) in [6.45, 7) is 0. The number of amides is 1. The molecule has 1 atom stereocenters. The Labute approximate surface area is 136 Å². The predicted octanol–water partition coefficient (Wildman–Crippen LogP) is 2.40. The van der Waals surface area contributed by atoms with Crippen LogP contribution >= 0.6 is 0 Å². The zero-order valence-corrected chi connectivity index (χ0v) is 12.8. The second kappa shape index (κ2) is 7.54. The second-order valence-corrected chi connectivity index (χ2v) is 5.05. The molecule has 7 heteroatoms. The molecule has 0 aromatic heterocycles. The molecule has 0 saturated carbocycles. The Kier molecular flexibility index (Phi) is 5.47. The maximum atomic E-state index is 13.2. The molecule has 2 rings (SSSR count). The van der Waals surface area contributed by atoms with Gasteiger partial charge in [-0.05, 0) is 35.9 Å². The summed E-state index contributed by atoms with van der Waals surface area (Å²) in [4.78, 5) is 23.4. The number of ether oxygens (including phenoxy) is 1. The van der Waals surface area contributed by atoms with Crippen molar-refractivity contribution in [2.75, 3.05) is 7.11 Å². The van der Waals surface area contributed by atoms with Crippen LogP contribution in [-0.4, -0.2) is 30.1 Å². The summed E-state index contributed by atoms with van der Waals surface area (Å²) in [5.41, 5.74) is 0.517. The van der Waals surface area contributed by atoms with Crippen LogP contribution in [0.5, 0.6) is 5.75 Å². The molecule has 2 aromatic carbocycles. The van der Waals surface area contributed by atoms with Crippen LogP contribution in [0.3, 0.4) is 0 Å². The molecule has 0 bridgehead atoms. The van der Waals surface area contributed by atoms with E-state index < -0.39 is 29.6 Å². The molecule has 0 heterocycles. The monoisotopic (exact) mass is 335 g/mol. The molecule has 0 aliphatic carbocycles. The summed E-state index contributed by atoms with van der Waals surface area (Å²) in [5, 5.41) is 11.6. The summed E-state index contributed by atoms with van der Waals surface area (Å²) >= 11 is 0. The van der Waals surface area contributed by atoms with Crippen LogP contribution in [-0.2, 0) is 11.2 Å². The van der Waals surface area contributed by atoms with E-state index in [1.807, 2.05) is 0 Å². The van der Waals surface area contributed by atoms with E-state index in [2.05, 4.69) is 5.32 Å². The maximum Gasteiger partial charge on any atom is 0.326 e. The molecule has 0 unspecified atom stereocenters. The van der Waals surface area contributed by atoms with Crippen LogP contribution in [0, 0.1) is 11.6 Å². The van der Waals surface area contributed by atoms with Gasteiger partial charge in [0.25, 0.3) is 5.91 Å². The molecule has 0 saturated heterocycles. The van der Waals surface area contributed by atoms with Crippen LogP contribution in [0.25, 0.3) is 0 Å². The largest absolute Gasteiger partial charge is 0.497 e. The minimum Gasteiger partial charge on any atom is -0.497 e. The van der Waals surface area contributed by atoms with E-state index in [1.165, 1.54) is 7.11 Å². The zero-order valence-electron chi connectivity index (χ0n) is 12.8. The van der Waals surface area contributed by atoms with Gasteiger partial charge < -0.3 is 15.2 Å². The second-order valence-electron chi connectivity index (χ2n) is 5.05. The van der Waals surface area contributed by atoms with Gasteiger partial charge in [-0.2, -0.15) is 0 Å². The first-order valence-corrected chi connectivity index (χ1v) is 7.02. The minimum atomic E-state index is -1.23. The van der Waals surface area contributed by atoms with Gasteiger partial charge in [0.2, 0.25) is 0 Å². The van der Waals surface area contributed by atoms with E-state index >= 15 is 0 Å². The molecule has 2 aromatic rings. The third-order valence-electron chi connectivity index (χ3n) is 3.38. The highest BCUT2D eigenvalue weighted by molar-refractivity contribution is 5.96. The van der Waals surface area contributed by atoms with Crippen LogP contribution in [0.4, 0.5) is 8.78 Å². The minimum absolute atomic E-state index is 0.0365. The Hall–Kier alpha value is -2.96. The number of carboxylic acids is 1. The number of halogens is 2. The average molecular weight is 335 g/mol. The smallest absolute Gasteiger partial charge is 0.326 e. The Morgan fingerprint density at radius 3 is 2.33 bits per heavy atom. The number of carbonyl (C=O) groups is 2. The maximum absolute atomic E-state index is 13.2. The Morgan fingerprint density at radius 1 is 1.12 bits per heavy atom. The van der Waals surface area contributed by atoms with Crippen molar-refractivity contribution in [2.45, 2.75) is 12.5 Å². The third kappa shape index (κ3) is 4.28. The Morgan fingerprint density at radius 2 is 1.79 bits per heavy atom. The molecule has 5 nitrogen and oxygen atoms in total. The van der Waals surface area contributed by atoms with Crippen molar-refractivity contribution in [3.63, 3.8) is 0 Å². The number of nitrogens with one attached hydrogen (secondary N) is 1. The van der Waals surface area contributed by atoms with Crippen molar-refractivity contribution in [3.05, 3.63) is 65.2 Å². The number of hydrogen-bond donors (Lipinski definition) is 2. The van der Waals surface area contributed by atoms with Crippen LogP contribution in [0.1, 0.15) is 15.9 Å². The van der Waals surface area contributed by atoms with Crippen molar-refractivity contribution in [1.82, 2.24) is 5.32 Å². The predicted molar refractivity (Wildman–Crippen MR) is 81.9 cm³/mol. The Bertz CT molecular complexity index is 747. The highest BCUT2D eigenvalue weighted by Gasteiger charge is 2.21. The summed E-state index contributed by atoms with van der Waals surface area (Å²) in [6.07, 6.45) is 0.0365. The summed E-state index contributed by atoms with van der Waals surface area (Å²) in [6, 6.07) is 8.10. The highest BCUT2D eigenvalue weighted by atomic mass is 19.2. The van der Waals surface area contributed by atoms with Gasteiger partial charge in [0, 0.05) is 12.0 Å². The lowest BCUT2D eigenvalue weighted by Gasteiger charge is -2.15. The van der Waals surface area contributed by atoms with Gasteiger partial charge in [-0.25, -0.2) is 13.6 Å². The summed E-state index contributed by atoms with van der Waals surface area (Å²) in [7, 11) is 1.51. The molecule has 0 aliphatic rings. The van der Waals surface area contributed by atoms with E-state index in [0.29, 0.717) is 11.3 Å². The van der Waals surface area contributed by atoms with E-state index in [4.69, 9.17) is 4.74 Å². The van der Waals surface area contributed by atoms with Gasteiger partial charge in [0.15, 0.2) is 11.6 Å². The van der Waals surface area contributed by atoms with Gasteiger partial charge in [-0.15, -0.1) is 0 Å². The molecule has 24 heavy (non-hydrogen) atoms. The first-order valence-electron chi connectivity index (χ1n) is 7.02. The number of carboxylic acid groups (broad SMARTS) is 1. The number of methoxy groups -OCH3 is 1. The third-order valence-corrected chi connectivity index (χ3v) is 3.38. The first-order chi connectivity index (χ1) is 11.4. The van der Waals surface area contributed by atoms with Crippen molar-refractivity contribution >= 4 is 11.9 Å². The van der Waals surface area contributed by atoms with Crippen molar-refractivity contribution in [1.29, 1.82) is 0 Å². The molecule has 2 N–H and O–H groups in total. The summed E-state index contributed by atoms with van der Waals surface area (Å²) < 4.78 is 31.1. The molecule has 126 valence electrons. The highest BCUT2D eigenvalue weighted by Crippen LogP contribution is 2.14. The molecular weight excluding hydrogens is 320 g/mol. The lowest BCUT2D eigenvalue weighted by atomic mass is 10.1. The summed E-state index contributed by atoms with van der Waals surface area (Å²) in [5.74, 6) is -3.67. The van der Waals surface area contributed by atoms with Gasteiger partial charge in [0.05, 0.1) is 7.11 Å². The topological polar surface area (TPSA) is 75.6 Å². The molecule has 0 spiro atoms. The van der Waals surface area contributed by atoms with Crippen LogP contribution < -0.4 is 10.1 Å². The Balaban J connectivity index is 2.10. The van der Waals surface area contributed by atoms with Gasteiger partial charge in [-0.1, -0.05) is 12.1 Å². The fourth-order valence-corrected chi connectivity index (χ4v) is 2.08. The van der Waals surface area contributed by atoms with Crippen LogP contribution in [0.2, 0.25) is 0 Å². The number of aliphatic carboxylic acids is 1.